The van der Waals surface area contributed by atoms with Gasteiger partial charge in [0.05, 0.1) is 10.6 Å². The summed E-state index contributed by atoms with van der Waals surface area (Å²) in [6, 6.07) is 12.1. The number of rotatable bonds is 5. The molecule has 1 heterocycles. The Balaban J connectivity index is 1.94. The summed E-state index contributed by atoms with van der Waals surface area (Å²) < 4.78 is 24.9. The molecule has 100 valence electrons. The molecule has 0 aliphatic heterocycles. The van der Waals surface area contributed by atoms with Gasteiger partial charge in [0.2, 0.25) is 0 Å². The standard InChI is InChI=1S/C13H13BrN2O2S/c14-11-6-7-13(16-10-11)15-8-9-19(17,18)12-4-2-1-3-5-12/h1-7,10H,8-9H2,(H,15,16). The lowest BCUT2D eigenvalue weighted by molar-refractivity contribution is 0.596. The first-order chi connectivity index (χ1) is 9.08. The summed E-state index contributed by atoms with van der Waals surface area (Å²) in [6.07, 6.45) is 1.66. The van der Waals surface area contributed by atoms with Crippen LogP contribution < -0.4 is 5.32 Å². The van der Waals surface area contributed by atoms with Gasteiger partial charge in [-0.15, -0.1) is 0 Å². The van der Waals surface area contributed by atoms with Crippen LogP contribution >= 0.6 is 15.9 Å². The largest absolute Gasteiger partial charge is 0.369 e. The quantitative estimate of drug-likeness (QED) is 0.909. The molecule has 0 atom stereocenters. The molecule has 1 N–H and O–H groups in total. The highest BCUT2D eigenvalue weighted by atomic mass is 79.9. The predicted molar refractivity (Wildman–Crippen MR) is 78.9 cm³/mol. The van der Waals surface area contributed by atoms with Crippen LogP contribution in [0.4, 0.5) is 5.82 Å². The van der Waals surface area contributed by atoms with E-state index in [0.29, 0.717) is 17.3 Å². The maximum Gasteiger partial charge on any atom is 0.180 e. The van der Waals surface area contributed by atoms with E-state index in [0.717, 1.165) is 4.47 Å². The van der Waals surface area contributed by atoms with Gasteiger partial charge in [0, 0.05) is 17.2 Å². The lowest BCUT2D eigenvalue weighted by Crippen LogP contribution is -2.16. The molecule has 0 aliphatic rings. The molecule has 0 fully saturated rings. The topological polar surface area (TPSA) is 59.1 Å². The number of pyridine rings is 1. The van der Waals surface area contributed by atoms with E-state index in [2.05, 4.69) is 26.2 Å². The summed E-state index contributed by atoms with van der Waals surface area (Å²) >= 11 is 3.29. The monoisotopic (exact) mass is 340 g/mol. The van der Waals surface area contributed by atoms with Crippen LogP contribution in [0.3, 0.4) is 0 Å². The Morgan fingerprint density at radius 2 is 1.84 bits per heavy atom. The van der Waals surface area contributed by atoms with Crippen LogP contribution in [0.15, 0.2) is 58.0 Å². The number of aromatic nitrogens is 1. The van der Waals surface area contributed by atoms with Gasteiger partial charge in [-0.1, -0.05) is 18.2 Å². The third kappa shape index (κ3) is 4.04. The average Bonchev–Trinajstić information content (AvgIpc) is 2.42. The van der Waals surface area contributed by atoms with Crippen molar-refractivity contribution in [1.29, 1.82) is 0 Å². The Hall–Kier alpha value is -1.40. The van der Waals surface area contributed by atoms with Crippen LogP contribution in [-0.4, -0.2) is 25.7 Å². The number of hydrogen-bond acceptors (Lipinski definition) is 4. The maximum atomic E-state index is 12.0. The summed E-state index contributed by atoms with van der Waals surface area (Å²) in [4.78, 5) is 4.47. The summed E-state index contributed by atoms with van der Waals surface area (Å²) in [5.41, 5.74) is 0. The highest BCUT2D eigenvalue weighted by Crippen LogP contribution is 2.12. The normalized spacial score (nSPS) is 11.2. The van der Waals surface area contributed by atoms with Crippen LogP contribution in [0.5, 0.6) is 0 Å². The van der Waals surface area contributed by atoms with E-state index in [1.165, 1.54) is 0 Å². The molecule has 0 amide bonds. The van der Waals surface area contributed by atoms with Crippen molar-refractivity contribution in [3.8, 4) is 0 Å². The molecule has 0 bridgehead atoms. The molecule has 2 rings (SSSR count). The fraction of sp³-hybridized carbons (Fsp3) is 0.154. The molecular weight excluding hydrogens is 328 g/mol. The van der Waals surface area contributed by atoms with Gasteiger partial charge in [0.25, 0.3) is 0 Å². The van der Waals surface area contributed by atoms with E-state index in [1.807, 2.05) is 6.07 Å². The first-order valence-corrected chi connectivity index (χ1v) is 8.16. The third-order valence-electron chi connectivity index (χ3n) is 2.51. The Kier molecular flexibility index (Phi) is 4.55. The Bertz CT molecular complexity index is 627. The second kappa shape index (κ2) is 6.16. The van der Waals surface area contributed by atoms with E-state index in [-0.39, 0.29) is 5.75 Å². The summed E-state index contributed by atoms with van der Waals surface area (Å²) in [6.45, 7) is 0.325. The number of nitrogens with one attached hydrogen (secondary N) is 1. The molecule has 0 radical (unpaired) electrons. The zero-order valence-electron chi connectivity index (χ0n) is 10.1. The maximum absolute atomic E-state index is 12.0. The van der Waals surface area contributed by atoms with Gasteiger partial charge < -0.3 is 5.32 Å². The van der Waals surface area contributed by atoms with Gasteiger partial charge in [-0.3, -0.25) is 0 Å². The van der Waals surface area contributed by atoms with Crippen LogP contribution in [0.25, 0.3) is 0 Å². The summed E-state index contributed by atoms with van der Waals surface area (Å²) in [5.74, 6) is 0.695. The predicted octanol–water partition coefficient (Wildman–Crippen LogP) is 2.73. The Morgan fingerprint density at radius 3 is 2.47 bits per heavy atom. The van der Waals surface area contributed by atoms with Crippen molar-refractivity contribution in [2.24, 2.45) is 0 Å². The van der Waals surface area contributed by atoms with Crippen molar-refractivity contribution in [1.82, 2.24) is 4.98 Å². The fourth-order valence-corrected chi connectivity index (χ4v) is 2.95. The number of hydrogen-bond donors (Lipinski definition) is 1. The van der Waals surface area contributed by atoms with Crippen LogP contribution in [0.1, 0.15) is 0 Å². The number of anilines is 1. The molecule has 4 nitrogen and oxygen atoms in total. The molecule has 0 saturated carbocycles. The average molecular weight is 341 g/mol. The zero-order chi connectivity index (χ0) is 13.7. The lowest BCUT2D eigenvalue weighted by atomic mass is 10.4. The van der Waals surface area contributed by atoms with Crippen molar-refractivity contribution in [2.45, 2.75) is 4.90 Å². The lowest BCUT2D eigenvalue weighted by Gasteiger charge is -2.06. The zero-order valence-corrected chi connectivity index (χ0v) is 12.5. The van der Waals surface area contributed by atoms with Crippen molar-refractivity contribution >= 4 is 31.6 Å². The van der Waals surface area contributed by atoms with Gasteiger partial charge in [-0.05, 0) is 40.2 Å². The van der Waals surface area contributed by atoms with Crippen LogP contribution in [0, 0.1) is 0 Å². The summed E-state index contributed by atoms with van der Waals surface area (Å²) in [7, 11) is -3.24. The van der Waals surface area contributed by atoms with E-state index < -0.39 is 9.84 Å². The van der Waals surface area contributed by atoms with Crippen molar-refractivity contribution < 1.29 is 8.42 Å². The molecule has 0 unspecified atom stereocenters. The molecular formula is C13H13BrN2O2S. The summed E-state index contributed by atoms with van der Waals surface area (Å²) in [5, 5.41) is 2.99. The molecule has 0 aliphatic carbocycles. The van der Waals surface area contributed by atoms with Crippen LogP contribution in [-0.2, 0) is 9.84 Å². The molecule has 0 spiro atoms. The van der Waals surface area contributed by atoms with Crippen LogP contribution in [0.2, 0.25) is 0 Å². The van der Waals surface area contributed by atoms with Crippen molar-refractivity contribution in [3.63, 3.8) is 0 Å². The van der Waals surface area contributed by atoms with Crippen molar-refractivity contribution in [3.05, 3.63) is 53.1 Å². The number of benzene rings is 1. The highest BCUT2D eigenvalue weighted by molar-refractivity contribution is 9.10. The van der Waals surface area contributed by atoms with Gasteiger partial charge in [0.1, 0.15) is 5.82 Å². The SMILES string of the molecule is O=S(=O)(CCNc1ccc(Br)cn1)c1ccccc1. The van der Waals surface area contributed by atoms with E-state index in [1.54, 1.807) is 42.6 Å². The van der Waals surface area contributed by atoms with Gasteiger partial charge in [-0.25, -0.2) is 13.4 Å². The minimum atomic E-state index is -3.24. The minimum absolute atomic E-state index is 0.0365. The van der Waals surface area contributed by atoms with E-state index in [4.69, 9.17) is 0 Å². The first kappa shape index (κ1) is 14.0. The van der Waals surface area contributed by atoms with E-state index in [9.17, 15) is 8.42 Å². The molecule has 2 aromatic rings. The smallest absolute Gasteiger partial charge is 0.180 e. The minimum Gasteiger partial charge on any atom is -0.369 e. The Labute approximate surface area is 120 Å². The molecule has 0 saturated heterocycles. The molecule has 1 aromatic heterocycles. The molecule has 6 heteroatoms. The Morgan fingerprint density at radius 1 is 1.11 bits per heavy atom. The number of nitrogens with zero attached hydrogens (tertiary/aromatic N) is 1. The van der Waals surface area contributed by atoms with Crippen molar-refractivity contribution in [2.75, 3.05) is 17.6 Å². The molecule has 1 aromatic carbocycles. The first-order valence-electron chi connectivity index (χ1n) is 5.71. The fourth-order valence-electron chi connectivity index (χ4n) is 1.54. The van der Waals surface area contributed by atoms with Gasteiger partial charge in [0.15, 0.2) is 9.84 Å². The van der Waals surface area contributed by atoms with Gasteiger partial charge >= 0.3 is 0 Å². The van der Waals surface area contributed by atoms with E-state index >= 15 is 0 Å². The second-order valence-corrected chi connectivity index (χ2v) is 6.95. The highest BCUT2D eigenvalue weighted by Gasteiger charge is 2.12. The second-order valence-electron chi connectivity index (χ2n) is 3.92. The third-order valence-corrected chi connectivity index (χ3v) is 4.71. The molecule has 19 heavy (non-hydrogen) atoms. The van der Waals surface area contributed by atoms with Gasteiger partial charge in [-0.2, -0.15) is 0 Å². The number of sulfone groups is 1. The number of halogens is 1.